The molecule has 1 unspecified atom stereocenters. The number of phosphoric ester groups is 1. The molecule has 9 saturated heterocycles. The van der Waals surface area contributed by atoms with Gasteiger partial charge in [0.1, 0.15) is 226 Å². The largest absolute Gasteiger partial charge is 0.477 e. The molecule has 56 nitrogen and oxygen atoms in total. The molecule has 2 amide bonds. The number of aliphatic hydroxyl groups excluding tert-OH is 27. The lowest BCUT2D eigenvalue weighted by Crippen LogP contribution is -2.72. The van der Waals surface area contributed by atoms with Crippen molar-refractivity contribution in [1.82, 2.24) is 10.6 Å². The summed E-state index contributed by atoms with van der Waals surface area (Å²) < 4.78 is 123. The molecule has 0 radical (unpaired) electrons. The van der Waals surface area contributed by atoms with E-state index in [0.717, 1.165) is 13.8 Å². The Kier molecular flexibility index (Phi) is 36.8. The van der Waals surface area contributed by atoms with Crippen LogP contribution < -0.4 is 16.4 Å². The van der Waals surface area contributed by atoms with E-state index in [2.05, 4.69) is 10.6 Å². The summed E-state index contributed by atoms with van der Waals surface area (Å²) in [6.07, 6.45) is -105. The lowest BCUT2D eigenvalue weighted by atomic mass is 9.91. The maximum atomic E-state index is 13.1. The number of aliphatic hydroxyl groups is 28. The Labute approximate surface area is 682 Å². The summed E-state index contributed by atoms with van der Waals surface area (Å²) in [7, 11) is -5.30. The van der Waals surface area contributed by atoms with E-state index < -0.39 is 393 Å². The molecule has 121 heavy (non-hydrogen) atoms. The van der Waals surface area contributed by atoms with Gasteiger partial charge in [-0.15, -0.1) is 0 Å². The molecule has 704 valence electrons. The highest BCUT2D eigenvalue weighted by Gasteiger charge is 2.64. The molecule has 0 aromatic carbocycles. The number of hydrogen-bond acceptors (Lipinski definition) is 52. The maximum absolute atomic E-state index is 13.1. The van der Waals surface area contributed by atoms with Crippen molar-refractivity contribution in [3.05, 3.63) is 0 Å². The van der Waals surface area contributed by atoms with Crippen LogP contribution in [0.1, 0.15) is 20.3 Å². The fourth-order valence-corrected chi connectivity index (χ4v) is 15.7. The van der Waals surface area contributed by atoms with Crippen molar-refractivity contribution in [2.24, 2.45) is 5.73 Å². The third kappa shape index (κ3) is 22.8. The van der Waals surface area contributed by atoms with E-state index in [4.69, 9.17) is 95.3 Å². The summed E-state index contributed by atoms with van der Waals surface area (Å²) >= 11 is 0. The molecule has 9 rings (SSSR count). The van der Waals surface area contributed by atoms with Gasteiger partial charge in [0.25, 0.3) is 5.79 Å². The van der Waals surface area contributed by atoms with Gasteiger partial charge in [0.15, 0.2) is 50.3 Å². The molecule has 0 aromatic rings. The first-order chi connectivity index (χ1) is 57.0. The molecule has 0 saturated carbocycles. The first-order valence-electron chi connectivity index (χ1n) is 37.8. The fraction of sp³-hybridized carbons (Fsp3) is 0.953. The molecule has 0 aromatic heterocycles. The average Bonchev–Trinajstić information content (AvgIpc) is 0.753. The number of aliphatic carboxylic acids is 1. The number of amides is 2. The second-order valence-corrected chi connectivity index (χ2v) is 31.3. The molecule has 9 aliphatic heterocycles. The molecule has 34 N–H and O–H groups in total. The summed E-state index contributed by atoms with van der Waals surface area (Å²) in [4.78, 5) is 48.6. The van der Waals surface area contributed by atoms with Crippen molar-refractivity contribution in [2.45, 2.75) is 308 Å². The zero-order valence-electron chi connectivity index (χ0n) is 63.9. The molecule has 9 heterocycles. The number of carboxylic acid groups (broad SMARTS) is 1. The van der Waals surface area contributed by atoms with Crippen molar-refractivity contribution in [3.8, 4) is 0 Å². The van der Waals surface area contributed by atoms with Crippen LogP contribution in [0.5, 0.6) is 0 Å². The van der Waals surface area contributed by atoms with Crippen LogP contribution in [0.3, 0.4) is 0 Å². The van der Waals surface area contributed by atoms with Gasteiger partial charge in [-0.2, -0.15) is 0 Å². The first-order valence-corrected chi connectivity index (χ1v) is 39.3. The molecule has 0 bridgehead atoms. The second kappa shape index (κ2) is 43.9. The van der Waals surface area contributed by atoms with Gasteiger partial charge in [0.05, 0.1) is 72.2 Å². The Morgan fingerprint density at radius 2 is 0.752 bits per heavy atom. The van der Waals surface area contributed by atoms with E-state index in [0.29, 0.717) is 0 Å². The zero-order valence-corrected chi connectivity index (χ0v) is 64.8. The summed E-state index contributed by atoms with van der Waals surface area (Å²) in [6.45, 7) is -10.8. The third-order valence-corrected chi connectivity index (χ3v) is 22.4. The number of phosphoric acid groups is 1. The van der Waals surface area contributed by atoms with E-state index in [9.17, 15) is 172 Å². The number of hydrogen-bond donors (Lipinski definition) is 33. The predicted octanol–water partition coefficient (Wildman–Crippen LogP) is -21.7. The van der Waals surface area contributed by atoms with Gasteiger partial charge >= 0.3 is 13.8 Å². The Hall–Kier alpha value is -3.32. The van der Waals surface area contributed by atoms with Crippen molar-refractivity contribution in [1.29, 1.82) is 0 Å². The number of rotatable bonds is 36. The minimum atomic E-state index is -5.30. The quantitative estimate of drug-likeness (QED) is 0.0259. The number of ether oxygens (including phenoxy) is 17. The van der Waals surface area contributed by atoms with Gasteiger partial charge in [-0.3, -0.25) is 18.6 Å². The molecule has 0 spiro atoms. The van der Waals surface area contributed by atoms with Gasteiger partial charge in [0, 0.05) is 26.8 Å². The van der Waals surface area contributed by atoms with E-state index in [1.165, 1.54) is 0 Å². The van der Waals surface area contributed by atoms with Crippen LogP contribution in [0, 0.1) is 0 Å². The van der Waals surface area contributed by atoms with Crippen LogP contribution in [0.4, 0.5) is 0 Å². The number of nitrogens with two attached hydrogens (primary N) is 1. The van der Waals surface area contributed by atoms with Crippen LogP contribution in [0.2, 0.25) is 0 Å². The second-order valence-electron chi connectivity index (χ2n) is 29.8. The monoisotopic (exact) mass is 1800 g/mol. The van der Waals surface area contributed by atoms with E-state index in [1.807, 2.05) is 0 Å². The summed E-state index contributed by atoms with van der Waals surface area (Å²) in [6, 6.07) is -3.99. The fourth-order valence-electron chi connectivity index (χ4n) is 15.0. The zero-order chi connectivity index (χ0) is 89.6. The lowest BCUT2D eigenvalue weighted by Gasteiger charge is -2.53. The Bertz CT molecular complexity index is 3270. The Morgan fingerprint density at radius 3 is 1.24 bits per heavy atom. The molecule has 0 aliphatic carbocycles. The van der Waals surface area contributed by atoms with Crippen LogP contribution in [0.15, 0.2) is 0 Å². The van der Waals surface area contributed by atoms with Crippen LogP contribution in [0.25, 0.3) is 0 Å². The van der Waals surface area contributed by atoms with Crippen molar-refractivity contribution in [3.63, 3.8) is 0 Å². The Balaban J connectivity index is 1.11. The molecule has 9 fully saturated rings. The molecular weight excluding hydrogens is 1690 g/mol. The molecular formula is C64H110N3O53P. The molecule has 9 aliphatic rings. The van der Waals surface area contributed by atoms with Crippen LogP contribution in [-0.4, -0.2) is 531 Å². The predicted molar refractivity (Wildman–Crippen MR) is 367 cm³/mol. The van der Waals surface area contributed by atoms with E-state index in [1.54, 1.807) is 0 Å². The smallest absolute Gasteiger partial charge is 0.472 e. The van der Waals surface area contributed by atoms with Crippen molar-refractivity contribution in [2.75, 3.05) is 72.6 Å². The summed E-state index contributed by atoms with van der Waals surface area (Å²) in [5.74, 6) is -7.60. The number of nitrogens with one attached hydrogen (secondary N) is 2. The average molecular weight is 1800 g/mol. The number of carbonyl (C=O) groups excluding carboxylic acids is 2. The summed E-state index contributed by atoms with van der Waals surface area (Å²) in [5.41, 5.74) is 5.42. The number of carbonyl (C=O) groups is 3. The van der Waals surface area contributed by atoms with Gasteiger partial charge in [-0.1, -0.05) is 0 Å². The molecule has 57 heteroatoms. The first kappa shape index (κ1) is 101. The minimum Gasteiger partial charge on any atom is -0.477 e. The van der Waals surface area contributed by atoms with Gasteiger partial charge < -0.3 is 250 Å². The highest BCUT2D eigenvalue weighted by molar-refractivity contribution is 7.47. The summed E-state index contributed by atoms with van der Waals surface area (Å²) in [5, 5.41) is 329. The SMILES string of the molecule is CC(=O)N[C@H]1[C@H](O[C@H]2[C@@H](O)[C@@H](CO)O[C@@H](O[C@H]3[C@H](O)[C@@H](O)[C@H](O[C@H]4[C@H](O[C@H]5O[C@H]([C@@H](O)COP(=O)(O)OCCN)[C@@H](O)[C@H](O[C@H]6O[C@H](CO)[C@@H](O)[C@H](O)[C@H]6O)[C@@H]5O[C@H]5O[C@H](CO)[C@@H](O)[C@H](O)[C@H]5NC(C)=O)[C@H](O)[C@@H](O[C@H]5[C@@H]([C@H](O)CO)O[C@@](O)(C(=O)O)C[C@H]5O)O[C@@H]4[C@@H](O)CO)O[C@@H]3CO)[C@@H]2O)O[C@H](CO)[C@@H](O[C@@H]2O[C@H](CO)[C@H](O)[C@H](O)[C@H]2O)[C@@H]1O. The Morgan fingerprint density at radius 1 is 0.388 bits per heavy atom. The maximum Gasteiger partial charge on any atom is 0.472 e. The standard InChI is InChI=1S/C64H110N3O53P/c1-15(76)66-27-33(86)29(82)21(8-70)104-55(27)119-54-51(116-58-39(92)36(89)31(84)23(10-72)106-58)41(94)44(20(81)14-103-121(100,101)102-4-3-65)110-62(54)117-52-43(96)61(111-45-17(78)5-64(99,63(97)98)120-47(45)19(80)7-69)112-46(18(79)6-68)53(52)118-59-40(93)37(90)49(26(13-75)109-59)114-60-42(95)50(32(85)24(11-73)107-60)115-56-28(67-16(2)77)34(87)48(25(12-74)108-56)113-57-38(91)35(88)30(83)22(9-71)105-57/h17-62,68-75,78-96,99H,3-14,65H2,1-2H3,(H,66,76)(H,67,77)(H,97,98)(H,100,101)/t17-,18+,19-,20+,21-,22-,23-,24-,25-,26-,27-,28-,29-,30+,31-,32+,33-,34-,35+,36+,37-,38-,39-,40-,41-,42-,43+,44-,45-,46-,47-,48-,49-,50+,51+,52-,53-,54+,55-,56+,57+,58-,59+,60+,61+,62-,64-/m1/s1. The highest BCUT2D eigenvalue weighted by atomic mass is 31.2. The topological polar surface area (TPSA) is 901 Å². The molecule has 48 atom stereocenters. The number of carboxylic acids is 1. The van der Waals surface area contributed by atoms with Gasteiger partial charge in [0.2, 0.25) is 11.8 Å². The normalized spacial score (nSPS) is 47.6. The highest BCUT2D eigenvalue weighted by Crippen LogP contribution is 2.46. The van der Waals surface area contributed by atoms with E-state index >= 15 is 0 Å². The lowest BCUT2D eigenvalue weighted by molar-refractivity contribution is -0.421. The van der Waals surface area contributed by atoms with Gasteiger partial charge in [-0.05, 0) is 0 Å². The van der Waals surface area contributed by atoms with Crippen LogP contribution in [-0.2, 0) is 109 Å². The van der Waals surface area contributed by atoms with Crippen LogP contribution >= 0.6 is 7.82 Å². The van der Waals surface area contributed by atoms with Crippen molar-refractivity contribution >= 4 is 25.6 Å². The van der Waals surface area contributed by atoms with E-state index in [-0.39, 0.29) is 0 Å². The van der Waals surface area contributed by atoms with Gasteiger partial charge in [-0.25, -0.2) is 9.36 Å². The third-order valence-electron chi connectivity index (χ3n) is 21.4. The van der Waals surface area contributed by atoms with Crippen molar-refractivity contribution < 1.29 is 262 Å². The minimum absolute atomic E-state index is 0.406.